The van der Waals surface area contributed by atoms with E-state index in [0.717, 1.165) is 24.9 Å². The molecule has 0 fully saturated rings. The van der Waals surface area contributed by atoms with Crippen molar-refractivity contribution in [3.63, 3.8) is 0 Å². The highest BCUT2D eigenvalue weighted by Crippen LogP contribution is 2.37. The number of anilines is 1. The molecule has 19 heavy (non-hydrogen) atoms. The molecule has 0 saturated heterocycles. The summed E-state index contributed by atoms with van der Waals surface area (Å²) in [4.78, 5) is 1.28. The van der Waals surface area contributed by atoms with Gasteiger partial charge in [0.1, 0.15) is 5.75 Å². The van der Waals surface area contributed by atoms with E-state index < -0.39 is 0 Å². The van der Waals surface area contributed by atoms with E-state index >= 15 is 0 Å². The second-order valence-corrected chi connectivity index (χ2v) is 7.57. The maximum atomic E-state index is 5.32. The predicted octanol–water partition coefficient (Wildman–Crippen LogP) is 6.22. The van der Waals surface area contributed by atoms with Crippen LogP contribution in [0.5, 0.6) is 5.75 Å². The summed E-state index contributed by atoms with van der Waals surface area (Å²) in [5, 5.41) is 5.57. The van der Waals surface area contributed by atoms with Gasteiger partial charge < -0.3 is 10.1 Å². The van der Waals surface area contributed by atoms with Crippen molar-refractivity contribution in [3.8, 4) is 5.75 Å². The average Bonchev–Trinajstić information content (AvgIpc) is 2.79. The largest absolute Gasteiger partial charge is 0.495 e. The first kappa shape index (κ1) is 15.4. The Morgan fingerprint density at radius 1 is 1.16 bits per heavy atom. The van der Waals surface area contributed by atoms with Crippen LogP contribution in [-0.4, -0.2) is 7.11 Å². The number of halogens is 3. The Balaban J connectivity index is 2.23. The van der Waals surface area contributed by atoms with Gasteiger partial charge in [-0.15, -0.1) is 11.3 Å². The molecule has 1 aromatic carbocycles. The van der Waals surface area contributed by atoms with Crippen molar-refractivity contribution in [2.75, 3.05) is 12.4 Å². The minimum absolute atomic E-state index is 0.235. The van der Waals surface area contributed by atoms with Gasteiger partial charge >= 0.3 is 0 Å². The Labute approximate surface area is 141 Å². The van der Waals surface area contributed by atoms with E-state index in [-0.39, 0.29) is 6.04 Å². The van der Waals surface area contributed by atoms with E-state index in [2.05, 4.69) is 71.5 Å². The van der Waals surface area contributed by atoms with Gasteiger partial charge in [0.25, 0.3) is 0 Å². The average molecular weight is 470 g/mol. The highest BCUT2D eigenvalue weighted by Gasteiger charge is 2.12. The second kappa shape index (κ2) is 6.61. The molecule has 0 saturated carbocycles. The summed E-state index contributed by atoms with van der Waals surface area (Å²) in [5.41, 5.74) is 1.01. The molecule has 2 nitrogen and oxygen atoms in total. The molecular formula is C13H12Br3NOS. The Morgan fingerprint density at radius 2 is 1.89 bits per heavy atom. The van der Waals surface area contributed by atoms with E-state index in [1.54, 1.807) is 18.4 Å². The topological polar surface area (TPSA) is 21.3 Å². The van der Waals surface area contributed by atoms with Crippen LogP contribution >= 0.6 is 59.1 Å². The lowest BCUT2D eigenvalue weighted by Gasteiger charge is -2.16. The molecule has 0 aliphatic rings. The zero-order chi connectivity index (χ0) is 14.0. The van der Waals surface area contributed by atoms with Crippen molar-refractivity contribution in [2.24, 2.45) is 0 Å². The van der Waals surface area contributed by atoms with Crippen molar-refractivity contribution in [2.45, 2.75) is 13.0 Å². The number of thiophene rings is 1. The molecule has 1 unspecified atom stereocenters. The number of methoxy groups -OCH3 is 1. The molecule has 0 amide bonds. The van der Waals surface area contributed by atoms with Gasteiger partial charge in [-0.2, -0.15) is 0 Å². The lowest BCUT2D eigenvalue weighted by molar-refractivity contribution is 0.412. The third kappa shape index (κ3) is 3.74. The third-order valence-corrected chi connectivity index (χ3v) is 5.78. The standard InChI is InChI=1S/C13H12Br3NOS/c1-7(13-3-8(14)6-19-13)17-11-5-12(18-2)10(16)4-9(11)15/h3-7,17H,1-2H3. The fourth-order valence-electron chi connectivity index (χ4n) is 1.66. The second-order valence-electron chi connectivity index (χ2n) is 4.00. The highest BCUT2D eigenvalue weighted by molar-refractivity contribution is 9.11. The lowest BCUT2D eigenvalue weighted by atomic mass is 10.2. The summed E-state index contributed by atoms with van der Waals surface area (Å²) < 4.78 is 8.37. The van der Waals surface area contributed by atoms with Gasteiger partial charge in [-0.05, 0) is 66.8 Å². The Morgan fingerprint density at radius 3 is 2.47 bits per heavy atom. The molecule has 6 heteroatoms. The molecule has 1 atom stereocenters. The van der Waals surface area contributed by atoms with Crippen molar-refractivity contribution >= 4 is 64.8 Å². The van der Waals surface area contributed by atoms with Gasteiger partial charge in [-0.3, -0.25) is 0 Å². The SMILES string of the molecule is COc1cc(NC(C)c2cc(Br)cs2)c(Br)cc1Br. The molecule has 1 N–H and O–H groups in total. The molecule has 1 aromatic heterocycles. The Hall–Kier alpha value is -0.0400. The van der Waals surface area contributed by atoms with E-state index in [0.29, 0.717) is 0 Å². The number of benzene rings is 1. The summed E-state index contributed by atoms with van der Waals surface area (Å²) in [6, 6.07) is 6.33. The first-order valence-corrected chi connectivity index (χ1v) is 8.80. The van der Waals surface area contributed by atoms with Crippen LogP contribution < -0.4 is 10.1 Å². The Kier molecular flexibility index (Phi) is 5.34. The molecule has 0 aliphatic carbocycles. The molecule has 1 heterocycles. The summed E-state index contributed by atoms with van der Waals surface area (Å²) >= 11 is 12.2. The van der Waals surface area contributed by atoms with Gasteiger partial charge in [0.05, 0.1) is 23.3 Å². The van der Waals surface area contributed by atoms with Gasteiger partial charge in [-0.1, -0.05) is 0 Å². The first-order chi connectivity index (χ1) is 9.01. The maximum absolute atomic E-state index is 5.32. The van der Waals surface area contributed by atoms with Gasteiger partial charge in [0.15, 0.2) is 0 Å². The number of rotatable bonds is 4. The first-order valence-electron chi connectivity index (χ1n) is 5.54. The predicted molar refractivity (Wildman–Crippen MR) is 92.5 cm³/mol. The molecule has 2 aromatic rings. The maximum Gasteiger partial charge on any atom is 0.135 e. The molecule has 0 bridgehead atoms. The molecule has 2 rings (SSSR count). The highest BCUT2D eigenvalue weighted by atomic mass is 79.9. The number of hydrogen-bond acceptors (Lipinski definition) is 3. The molecule has 0 radical (unpaired) electrons. The molecule has 102 valence electrons. The molecule has 0 spiro atoms. The third-order valence-electron chi connectivity index (χ3n) is 2.63. The van der Waals surface area contributed by atoms with Crippen molar-refractivity contribution in [1.29, 1.82) is 0 Å². The fourth-order valence-corrected chi connectivity index (χ4v) is 4.38. The van der Waals surface area contributed by atoms with E-state index in [9.17, 15) is 0 Å². The number of hydrogen-bond donors (Lipinski definition) is 1. The number of ether oxygens (including phenoxy) is 1. The van der Waals surface area contributed by atoms with Gasteiger partial charge in [0.2, 0.25) is 0 Å². The van der Waals surface area contributed by atoms with Crippen LogP contribution in [0.15, 0.2) is 37.0 Å². The van der Waals surface area contributed by atoms with Crippen LogP contribution in [0.2, 0.25) is 0 Å². The van der Waals surface area contributed by atoms with E-state index in [4.69, 9.17) is 4.74 Å². The van der Waals surface area contributed by atoms with E-state index in [1.807, 2.05) is 12.1 Å². The van der Waals surface area contributed by atoms with Crippen LogP contribution in [0.3, 0.4) is 0 Å². The van der Waals surface area contributed by atoms with Crippen LogP contribution in [0.4, 0.5) is 5.69 Å². The summed E-state index contributed by atoms with van der Waals surface area (Å²) in [6.07, 6.45) is 0. The molecular weight excluding hydrogens is 458 g/mol. The van der Waals surface area contributed by atoms with Crippen molar-refractivity contribution in [3.05, 3.63) is 41.9 Å². The minimum atomic E-state index is 0.235. The van der Waals surface area contributed by atoms with Crippen LogP contribution in [-0.2, 0) is 0 Å². The minimum Gasteiger partial charge on any atom is -0.495 e. The fraction of sp³-hybridized carbons (Fsp3) is 0.231. The Bertz CT molecular complexity index is 585. The smallest absolute Gasteiger partial charge is 0.135 e. The zero-order valence-electron chi connectivity index (χ0n) is 10.3. The van der Waals surface area contributed by atoms with Crippen LogP contribution in [0.1, 0.15) is 17.8 Å². The normalized spacial score (nSPS) is 12.3. The summed E-state index contributed by atoms with van der Waals surface area (Å²) in [7, 11) is 1.66. The van der Waals surface area contributed by atoms with Crippen molar-refractivity contribution < 1.29 is 4.74 Å². The summed E-state index contributed by atoms with van der Waals surface area (Å²) in [5.74, 6) is 0.810. The van der Waals surface area contributed by atoms with Crippen molar-refractivity contribution in [1.82, 2.24) is 0 Å². The number of nitrogens with one attached hydrogen (secondary N) is 1. The lowest BCUT2D eigenvalue weighted by Crippen LogP contribution is -2.05. The van der Waals surface area contributed by atoms with Gasteiger partial charge in [-0.25, -0.2) is 0 Å². The monoisotopic (exact) mass is 467 g/mol. The zero-order valence-corrected chi connectivity index (χ0v) is 15.9. The van der Waals surface area contributed by atoms with E-state index in [1.165, 1.54) is 4.88 Å². The quantitative estimate of drug-likeness (QED) is 0.574. The van der Waals surface area contributed by atoms with Crippen LogP contribution in [0.25, 0.3) is 0 Å². The van der Waals surface area contributed by atoms with Gasteiger partial charge in [0, 0.05) is 25.3 Å². The summed E-state index contributed by atoms with van der Waals surface area (Å²) in [6.45, 7) is 2.14. The molecule has 0 aliphatic heterocycles. The van der Waals surface area contributed by atoms with Crippen LogP contribution in [0, 0.1) is 0 Å².